The summed E-state index contributed by atoms with van der Waals surface area (Å²) in [7, 11) is 1.64. The lowest BCUT2D eigenvalue weighted by Crippen LogP contribution is -2.20. The van der Waals surface area contributed by atoms with E-state index in [1.165, 1.54) is 0 Å². The third kappa shape index (κ3) is 3.57. The van der Waals surface area contributed by atoms with Crippen LogP contribution in [0.25, 0.3) is 0 Å². The zero-order valence-corrected chi connectivity index (χ0v) is 12.6. The smallest absolute Gasteiger partial charge is 0.119 e. The minimum atomic E-state index is -0.0758. The highest BCUT2D eigenvalue weighted by Crippen LogP contribution is 2.28. The fraction of sp³-hybridized carbons (Fsp3) is 0.200. The molecule has 1 atom stereocenters. The number of hydrogen-bond donors (Lipinski definition) is 2. The number of rotatable bonds is 5. The lowest BCUT2D eigenvalue weighted by Gasteiger charge is -2.20. The standard InChI is InChI=1S/C15H16Cl2N2O/c1-20-12-5-3-11(4-6-12)19-15(9-18)13-7-2-10(16)8-14(13)17/h2-8,15,19H,9,18H2,1H3. The van der Waals surface area contributed by atoms with Crippen LogP contribution in [0.3, 0.4) is 0 Å². The molecule has 0 aliphatic heterocycles. The molecule has 20 heavy (non-hydrogen) atoms. The van der Waals surface area contributed by atoms with E-state index in [-0.39, 0.29) is 6.04 Å². The van der Waals surface area contributed by atoms with Gasteiger partial charge < -0.3 is 15.8 Å². The molecule has 0 spiro atoms. The molecule has 0 bridgehead atoms. The molecule has 0 amide bonds. The Morgan fingerprint density at radius 1 is 1.15 bits per heavy atom. The number of nitrogens with one attached hydrogen (secondary N) is 1. The van der Waals surface area contributed by atoms with Crippen LogP contribution in [0, 0.1) is 0 Å². The number of benzene rings is 2. The molecule has 0 aliphatic rings. The molecule has 3 N–H and O–H groups in total. The van der Waals surface area contributed by atoms with Crippen LogP contribution >= 0.6 is 23.2 Å². The normalized spacial score (nSPS) is 12.0. The highest BCUT2D eigenvalue weighted by atomic mass is 35.5. The van der Waals surface area contributed by atoms with Gasteiger partial charge in [0, 0.05) is 22.3 Å². The minimum Gasteiger partial charge on any atom is -0.497 e. The van der Waals surface area contributed by atoms with Gasteiger partial charge >= 0.3 is 0 Å². The van der Waals surface area contributed by atoms with E-state index in [9.17, 15) is 0 Å². The Morgan fingerprint density at radius 2 is 1.85 bits per heavy atom. The second-order valence-electron chi connectivity index (χ2n) is 4.33. The Balaban J connectivity index is 2.19. The van der Waals surface area contributed by atoms with Crippen molar-refractivity contribution < 1.29 is 4.74 Å². The van der Waals surface area contributed by atoms with Crippen LogP contribution in [0.5, 0.6) is 5.75 Å². The van der Waals surface area contributed by atoms with Gasteiger partial charge in [0.1, 0.15) is 5.75 Å². The van der Waals surface area contributed by atoms with Crippen LogP contribution in [-0.2, 0) is 0 Å². The van der Waals surface area contributed by atoms with Crippen LogP contribution in [0.15, 0.2) is 42.5 Å². The zero-order valence-electron chi connectivity index (χ0n) is 11.1. The van der Waals surface area contributed by atoms with E-state index < -0.39 is 0 Å². The fourth-order valence-electron chi connectivity index (χ4n) is 1.94. The third-order valence-corrected chi connectivity index (χ3v) is 3.57. The zero-order chi connectivity index (χ0) is 14.5. The first-order valence-corrected chi connectivity index (χ1v) is 6.95. The molecular weight excluding hydrogens is 295 g/mol. The average molecular weight is 311 g/mol. The van der Waals surface area contributed by atoms with Crippen molar-refractivity contribution >= 4 is 28.9 Å². The minimum absolute atomic E-state index is 0.0758. The molecule has 0 aliphatic carbocycles. The summed E-state index contributed by atoms with van der Waals surface area (Å²) in [6.45, 7) is 0.424. The Morgan fingerprint density at radius 3 is 2.40 bits per heavy atom. The maximum absolute atomic E-state index is 6.22. The summed E-state index contributed by atoms with van der Waals surface area (Å²) in [6.07, 6.45) is 0. The predicted molar refractivity (Wildman–Crippen MR) is 84.9 cm³/mol. The van der Waals surface area contributed by atoms with Crippen molar-refractivity contribution in [1.29, 1.82) is 0 Å². The van der Waals surface area contributed by atoms with Gasteiger partial charge in [0.15, 0.2) is 0 Å². The molecule has 0 heterocycles. The summed E-state index contributed by atoms with van der Waals surface area (Å²) >= 11 is 12.1. The SMILES string of the molecule is COc1ccc(NC(CN)c2ccc(Cl)cc2Cl)cc1. The number of nitrogens with two attached hydrogens (primary N) is 1. The molecule has 0 fully saturated rings. The molecule has 5 heteroatoms. The molecule has 2 aromatic rings. The van der Waals surface area contributed by atoms with Gasteiger partial charge in [0.25, 0.3) is 0 Å². The molecule has 0 radical (unpaired) electrons. The maximum atomic E-state index is 6.22. The van der Waals surface area contributed by atoms with E-state index in [0.29, 0.717) is 16.6 Å². The second kappa shape index (κ2) is 6.84. The number of methoxy groups -OCH3 is 1. The summed E-state index contributed by atoms with van der Waals surface area (Å²) in [6, 6.07) is 13.0. The van der Waals surface area contributed by atoms with Crippen molar-refractivity contribution in [2.24, 2.45) is 5.73 Å². The molecule has 0 aromatic heterocycles. The van der Waals surface area contributed by atoms with Crippen molar-refractivity contribution in [2.45, 2.75) is 6.04 Å². The van der Waals surface area contributed by atoms with Gasteiger partial charge in [-0.3, -0.25) is 0 Å². The van der Waals surface area contributed by atoms with Gasteiger partial charge in [-0.15, -0.1) is 0 Å². The first-order valence-electron chi connectivity index (χ1n) is 6.19. The Kier molecular flexibility index (Phi) is 5.12. The van der Waals surface area contributed by atoms with E-state index in [1.54, 1.807) is 19.2 Å². The highest BCUT2D eigenvalue weighted by Gasteiger charge is 2.13. The molecule has 106 valence electrons. The van der Waals surface area contributed by atoms with Gasteiger partial charge in [-0.05, 0) is 42.0 Å². The van der Waals surface area contributed by atoms with Crippen molar-refractivity contribution in [3.63, 3.8) is 0 Å². The summed E-state index contributed by atoms with van der Waals surface area (Å²) < 4.78 is 5.13. The van der Waals surface area contributed by atoms with Gasteiger partial charge in [-0.2, -0.15) is 0 Å². The number of halogens is 2. The monoisotopic (exact) mass is 310 g/mol. The van der Waals surface area contributed by atoms with Crippen LogP contribution in [-0.4, -0.2) is 13.7 Å². The van der Waals surface area contributed by atoms with Gasteiger partial charge in [-0.25, -0.2) is 0 Å². The average Bonchev–Trinajstić information content (AvgIpc) is 2.46. The summed E-state index contributed by atoms with van der Waals surface area (Å²) in [5, 5.41) is 4.56. The van der Waals surface area contributed by atoms with E-state index in [2.05, 4.69) is 5.32 Å². The van der Waals surface area contributed by atoms with Crippen molar-refractivity contribution in [3.05, 3.63) is 58.1 Å². The molecule has 3 nitrogen and oxygen atoms in total. The Labute approximate surface area is 128 Å². The predicted octanol–water partition coefficient (Wildman–Crippen LogP) is 4.11. The van der Waals surface area contributed by atoms with Gasteiger partial charge in [0.05, 0.1) is 13.2 Å². The van der Waals surface area contributed by atoms with E-state index in [0.717, 1.165) is 17.0 Å². The lowest BCUT2D eigenvalue weighted by atomic mass is 10.1. The van der Waals surface area contributed by atoms with Crippen LogP contribution in [0.2, 0.25) is 10.0 Å². The van der Waals surface area contributed by atoms with Crippen molar-refractivity contribution in [2.75, 3.05) is 19.0 Å². The molecule has 0 saturated carbocycles. The number of ether oxygens (including phenoxy) is 1. The van der Waals surface area contributed by atoms with Crippen LogP contribution in [0.1, 0.15) is 11.6 Å². The Hall–Kier alpha value is -1.42. The summed E-state index contributed by atoms with van der Waals surface area (Å²) in [5.41, 5.74) is 7.71. The topological polar surface area (TPSA) is 47.3 Å². The highest BCUT2D eigenvalue weighted by molar-refractivity contribution is 6.35. The summed E-state index contributed by atoms with van der Waals surface area (Å²) in [4.78, 5) is 0. The Bertz CT molecular complexity index is 573. The maximum Gasteiger partial charge on any atom is 0.119 e. The largest absolute Gasteiger partial charge is 0.497 e. The van der Waals surface area contributed by atoms with Crippen molar-refractivity contribution in [1.82, 2.24) is 0 Å². The second-order valence-corrected chi connectivity index (χ2v) is 5.17. The summed E-state index contributed by atoms with van der Waals surface area (Å²) in [5.74, 6) is 0.810. The first-order chi connectivity index (χ1) is 9.63. The van der Waals surface area contributed by atoms with Crippen molar-refractivity contribution in [3.8, 4) is 5.75 Å². The lowest BCUT2D eigenvalue weighted by molar-refractivity contribution is 0.415. The molecule has 2 aromatic carbocycles. The number of hydrogen-bond acceptors (Lipinski definition) is 3. The number of anilines is 1. The molecule has 0 saturated heterocycles. The third-order valence-electron chi connectivity index (χ3n) is 3.00. The van der Waals surface area contributed by atoms with Gasteiger partial charge in [0.2, 0.25) is 0 Å². The van der Waals surface area contributed by atoms with E-state index in [1.807, 2.05) is 30.3 Å². The molecule has 1 unspecified atom stereocenters. The quantitative estimate of drug-likeness (QED) is 0.873. The van der Waals surface area contributed by atoms with Crippen LogP contribution in [0.4, 0.5) is 5.69 Å². The van der Waals surface area contributed by atoms with E-state index >= 15 is 0 Å². The van der Waals surface area contributed by atoms with E-state index in [4.69, 9.17) is 33.7 Å². The van der Waals surface area contributed by atoms with Crippen LogP contribution < -0.4 is 15.8 Å². The van der Waals surface area contributed by atoms with Gasteiger partial charge in [-0.1, -0.05) is 29.3 Å². The molecule has 2 rings (SSSR count). The molecular formula is C15H16Cl2N2O. The fourth-order valence-corrected chi connectivity index (χ4v) is 2.48. The first kappa shape index (κ1) is 15.0.